The van der Waals surface area contributed by atoms with Gasteiger partial charge in [-0.1, -0.05) is 49.6 Å². The summed E-state index contributed by atoms with van der Waals surface area (Å²) >= 11 is 0. The second kappa shape index (κ2) is 9.52. The Hall–Kier alpha value is -1.39. The second-order valence-corrected chi connectivity index (χ2v) is 7.93. The summed E-state index contributed by atoms with van der Waals surface area (Å²) in [7, 11) is 2.23. The highest BCUT2D eigenvalue weighted by Gasteiger charge is 2.47. The molecule has 0 amide bonds. The molecule has 0 saturated heterocycles. The van der Waals surface area contributed by atoms with Gasteiger partial charge in [-0.3, -0.25) is 0 Å². The van der Waals surface area contributed by atoms with Crippen molar-refractivity contribution in [1.29, 1.82) is 0 Å². The maximum atomic E-state index is 13.0. The van der Waals surface area contributed by atoms with Crippen LogP contribution in [0, 0.1) is 5.92 Å². The van der Waals surface area contributed by atoms with Crippen LogP contribution < -0.4 is 0 Å². The minimum absolute atomic E-state index is 0.0570. The molecule has 146 valence electrons. The normalized spacial score (nSPS) is 18.3. The van der Waals surface area contributed by atoms with Crippen LogP contribution in [-0.4, -0.2) is 48.8 Å². The fourth-order valence-corrected chi connectivity index (χ4v) is 3.99. The number of quaternary nitrogens is 1. The monoisotopic (exact) mass is 362 g/mol. The van der Waals surface area contributed by atoms with E-state index in [0.717, 1.165) is 56.2 Å². The lowest BCUT2D eigenvalue weighted by molar-refractivity contribution is -0.906. The average Bonchev–Trinajstić information content (AvgIpc) is 2.71. The molecular formula is C22H36NO3+. The van der Waals surface area contributed by atoms with Crippen molar-refractivity contribution in [3.8, 4) is 0 Å². The molecule has 1 aromatic rings. The molecule has 0 spiro atoms. The Balaban J connectivity index is 2.04. The van der Waals surface area contributed by atoms with E-state index in [2.05, 4.69) is 20.9 Å². The van der Waals surface area contributed by atoms with Crippen molar-refractivity contribution in [3.05, 3.63) is 35.9 Å². The van der Waals surface area contributed by atoms with Crippen molar-refractivity contribution in [1.82, 2.24) is 0 Å². The lowest BCUT2D eigenvalue weighted by Gasteiger charge is -2.37. The third-order valence-electron chi connectivity index (χ3n) is 6.32. The van der Waals surface area contributed by atoms with E-state index in [-0.39, 0.29) is 5.92 Å². The summed E-state index contributed by atoms with van der Waals surface area (Å²) in [4.78, 5) is 13.0. The van der Waals surface area contributed by atoms with Gasteiger partial charge in [0.15, 0.2) is 5.60 Å². The number of hydrogen-bond donors (Lipinski definition) is 1. The lowest BCUT2D eigenvalue weighted by atomic mass is 9.73. The zero-order valence-corrected chi connectivity index (χ0v) is 16.7. The van der Waals surface area contributed by atoms with E-state index in [1.165, 1.54) is 6.42 Å². The molecule has 0 aliphatic heterocycles. The van der Waals surface area contributed by atoms with Gasteiger partial charge < -0.3 is 14.3 Å². The number of benzene rings is 1. The predicted octanol–water partition coefficient (Wildman–Crippen LogP) is 3.87. The van der Waals surface area contributed by atoms with Crippen LogP contribution >= 0.6 is 0 Å². The Bertz CT molecular complexity index is 550. The van der Waals surface area contributed by atoms with E-state index in [1.807, 2.05) is 30.3 Å². The predicted molar refractivity (Wildman–Crippen MR) is 105 cm³/mol. The van der Waals surface area contributed by atoms with Gasteiger partial charge >= 0.3 is 5.97 Å². The summed E-state index contributed by atoms with van der Waals surface area (Å²) in [6.07, 6.45) is 5.88. The van der Waals surface area contributed by atoms with Gasteiger partial charge in [-0.05, 0) is 32.3 Å². The molecule has 1 atom stereocenters. The van der Waals surface area contributed by atoms with E-state index >= 15 is 0 Å². The summed E-state index contributed by atoms with van der Waals surface area (Å²) < 4.78 is 6.58. The van der Waals surface area contributed by atoms with Gasteiger partial charge in [0.2, 0.25) is 0 Å². The van der Waals surface area contributed by atoms with Crippen molar-refractivity contribution in [3.63, 3.8) is 0 Å². The van der Waals surface area contributed by atoms with Gasteiger partial charge in [0.05, 0.1) is 33.3 Å². The Labute approximate surface area is 158 Å². The maximum Gasteiger partial charge on any atom is 0.343 e. The quantitative estimate of drug-likeness (QED) is 0.412. The molecular weight excluding hydrogens is 326 g/mol. The van der Waals surface area contributed by atoms with E-state index in [0.29, 0.717) is 12.2 Å². The molecule has 1 aliphatic rings. The van der Waals surface area contributed by atoms with Crippen molar-refractivity contribution in [2.24, 2.45) is 5.92 Å². The summed E-state index contributed by atoms with van der Waals surface area (Å²) in [5, 5.41) is 11.4. The highest BCUT2D eigenvalue weighted by Crippen LogP contribution is 2.40. The minimum Gasteiger partial charge on any atom is -0.463 e. The van der Waals surface area contributed by atoms with Crippen molar-refractivity contribution >= 4 is 5.97 Å². The van der Waals surface area contributed by atoms with Crippen LogP contribution in [0.1, 0.15) is 57.9 Å². The average molecular weight is 363 g/mol. The maximum absolute atomic E-state index is 13.0. The molecule has 4 heteroatoms. The van der Waals surface area contributed by atoms with Gasteiger partial charge in [-0.15, -0.1) is 0 Å². The molecule has 0 bridgehead atoms. The third-order valence-corrected chi connectivity index (χ3v) is 6.32. The Kier molecular flexibility index (Phi) is 7.66. The van der Waals surface area contributed by atoms with Crippen molar-refractivity contribution in [2.45, 2.75) is 58.0 Å². The van der Waals surface area contributed by atoms with Crippen molar-refractivity contribution < 1.29 is 19.1 Å². The number of rotatable bonds is 9. The van der Waals surface area contributed by atoms with Crippen LogP contribution in [0.4, 0.5) is 0 Å². The Morgan fingerprint density at radius 2 is 1.77 bits per heavy atom. The molecule has 26 heavy (non-hydrogen) atoms. The summed E-state index contributed by atoms with van der Waals surface area (Å²) in [5.41, 5.74) is -0.852. The molecule has 1 saturated carbocycles. The number of esters is 1. The molecule has 1 aromatic carbocycles. The fraction of sp³-hybridized carbons (Fsp3) is 0.682. The molecule has 0 heterocycles. The largest absolute Gasteiger partial charge is 0.463 e. The minimum atomic E-state index is -1.52. The number of carbonyl (C=O) groups excluding carboxylic acids is 1. The first-order valence-corrected chi connectivity index (χ1v) is 10.2. The van der Waals surface area contributed by atoms with Gasteiger partial charge in [-0.2, -0.15) is 0 Å². The molecule has 0 aromatic heterocycles. The SMILES string of the molecule is CC[N+](C)(CC)CCCOC(=O)[C@](O)(c1ccccc1)C1CCCCC1. The van der Waals surface area contributed by atoms with E-state index < -0.39 is 11.6 Å². The van der Waals surface area contributed by atoms with Crippen LogP contribution in [-0.2, 0) is 15.1 Å². The van der Waals surface area contributed by atoms with Crippen LogP contribution in [0.3, 0.4) is 0 Å². The van der Waals surface area contributed by atoms with Gasteiger partial charge in [-0.25, -0.2) is 4.79 Å². The highest BCUT2D eigenvalue weighted by molar-refractivity contribution is 5.81. The molecule has 0 unspecified atom stereocenters. The number of hydrogen-bond acceptors (Lipinski definition) is 3. The van der Waals surface area contributed by atoms with Gasteiger partial charge in [0, 0.05) is 12.3 Å². The lowest BCUT2D eigenvalue weighted by Crippen LogP contribution is -2.46. The smallest absolute Gasteiger partial charge is 0.343 e. The molecule has 1 aliphatic carbocycles. The zero-order valence-electron chi connectivity index (χ0n) is 16.7. The standard InChI is InChI=1S/C22H36NO3/c1-4-23(3,5-2)17-12-18-26-21(24)22(25,19-13-8-6-9-14-19)20-15-10-7-11-16-20/h6,8-9,13-14,20,25H,4-5,7,10-12,15-18H2,1-3H3/q+1/t22-/m0/s1. The Morgan fingerprint density at radius 3 is 2.35 bits per heavy atom. The van der Waals surface area contributed by atoms with Gasteiger partial charge in [0.25, 0.3) is 0 Å². The fourth-order valence-electron chi connectivity index (χ4n) is 3.99. The summed E-state index contributed by atoms with van der Waals surface area (Å²) in [6, 6.07) is 9.35. The first-order valence-electron chi connectivity index (χ1n) is 10.2. The van der Waals surface area contributed by atoms with Gasteiger partial charge in [0.1, 0.15) is 0 Å². The molecule has 2 rings (SSSR count). The second-order valence-electron chi connectivity index (χ2n) is 7.93. The molecule has 0 radical (unpaired) electrons. The number of aliphatic hydroxyl groups is 1. The zero-order chi connectivity index (χ0) is 19.0. The van der Waals surface area contributed by atoms with Crippen molar-refractivity contribution in [2.75, 3.05) is 33.3 Å². The van der Waals surface area contributed by atoms with Crippen LogP contribution in [0.15, 0.2) is 30.3 Å². The van der Waals surface area contributed by atoms with E-state index in [9.17, 15) is 9.90 Å². The number of nitrogens with zero attached hydrogens (tertiary/aromatic N) is 1. The molecule has 1 N–H and O–H groups in total. The number of carbonyl (C=O) groups is 1. The summed E-state index contributed by atoms with van der Waals surface area (Å²) in [5.74, 6) is -0.531. The van der Waals surface area contributed by atoms with Crippen LogP contribution in [0.5, 0.6) is 0 Å². The van der Waals surface area contributed by atoms with Crippen LogP contribution in [0.25, 0.3) is 0 Å². The highest BCUT2D eigenvalue weighted by atomic mass is 16.5. The number of ether oxygens (including phenoxy) is 1. The first-order chi connectivity index (χ1) is 12.5. The molecule has 1 fully saturated rings. The van der Waals surface area contributed by atoms with E-state index in [1.54, 1.807) is 0 Å². The van der Waals surface area contributed by atoms with E-state index in [4.69, 9.17) is 4.74 Å². The topological polar surface area (TPSA) is 46.5 Å². The first kappa shape index (κ1) is 20.9. The third kappa shape index (κ3) is 4.86. The molecule has 4 nitrogen and oxygen atoms in total. The Morgan fingerprint density at radius 1 is 1.15 bits per heavy atom. The summed E-state index contributed by atoms with van der Waals surface area (Å²) in [6.45, 7) is 7.86. The van der Waals surface area contributed by atoms with Crippen LogP contribution in [0.2, 0.25) is 0 Å².